The van der Waals surface area contributed by atoms with Crippen molar-refractivity contribution in [1.82, 2.24) is 4.90 Å². The van der Waals surface area contributed by atoms with E-state index < -0.39 is 23.7 Å². The highest BCUT2D eigenvalue weighted by Crippen LogP contribution is 2.46. The van der Waals surface area contributed by atoms with Crippen molar-refractivity contribution in [1.29, 1.82) is 0 Å². The molecule has 3 rings (SSSR count). The third kappa shape index (κ3) is 5.21. The van der Waals surface area contributed by atoms with E-state index in [4.69, 9.17) is 4.74 Å². The van der Waals surface area contributed by atoms with Gasteiger partial charge in [-0.05, 0) is 55.6 Å². The Balaban J connectivity index is 1.79. The van der Waals surface area contributed by atoms with Crippen molar-refractivity contribution in [3.8, 4) is 5.75 Å². The first-order valence-electron chi connectivity index (χ1n) is 11.7. The van der Waals surface area contributed by atoms with Crippen LogP contribution < -0.4 is 4.74 Å². The molecular formula is C25H36FNO4. The van der Waals surface area contributed by atoms with Gasteiger partial charge in [-0.3, -0.25) is 4.79 Å². The Morgan fingerprint density at radius 3 is 2.39 bits per heavy atom. The summed E-state index contributed by atoms with van der Waals surface area (Å²) in [6.45, 7) is 9.69. The molecule has 2 aliphatic rings. The average molecular weight is 434 g/mol. The highest BCUT2D eigenvalue weighted by molar-refractivity contribution is 5.98. The second kappa shape index (κ2) is 9.58. The third-order valence-electron chi connectivity index (χ3n) is 7.28. The molecule has 2 unspecified atom stereocenters. The predicted octanol–water partition coefficient (Wildman–Crippen LogP) is 5.62. The highest BCUT2D eigenvalue weighted by atomic mass is 19.1. The molecule has 0 bridgehead atoms. The van der Waals surface area contributed by atoms with Crippen LogP contribution in [-0.4, -0.2) is 41.1 Å². The van der Waals surface area contributed by atoms with Gasteiger partial charge in [-0.15, -0.1) is 0 Å². The number of rotatable bonds is 11. The van der Waals surface area contributed by atoms with E-state index in [-0.39, 0.29) is 16.9 Å². The summed E-state index contributed by atoms with van der Waals surface area (Å²) >= 11 is 0. The molecule has 1 aliphatic carbocycles. The van der Waals surface area contributed by atoms with Gasteiger partial charge in [0.25, 0.3) is 5.91 Å². The fourth-order valence-electron chi connectivity index (χ4n) is 4.45. The van der Waals surface area contributed by atoms with Crippen molar-refractivity contribution in [2.24, 2.45) is 11.3 Å². The normalized spacial score (nSPS) is 20.3. The van der Waals surface area contributed by atoms with Crippen LogP contribution in [0.3, 0.4) is 0 Å². The fraction of sp³-hybridized carbons (Fsp3) is 0.680. The first-order chi connectivity index (χ1) is 14.7. The SMILES string of the molecule is CCC(CC)CC(C)(CC)COc1cc(F)c(C(=O)N2CCC2C(=O)O)cc1C1CC1. The van der Waals surface area contributed by atoms with Gasteiger partial charge in [-0.25, -0.2) is 9.18 Å². The number of halogens is 1. The molecule has 1 N–H and O–H groups in total. The van der Waals surface area contributed by atoms with Crippen molar-refractivity contribution in [3.63, 3.8) is 0 Å². The lowest BCUT2D eigenvalue weighted by Gasteiger charge is -2.38. The smallest absolute Gasteiger partial charge is 0.326 e. The van der Waals surface area contributed by atoms with Gasteiger partial charge >= 0.3 is 5.97 Å². The zero-order valence-electron chi connectivity index (χ0n) is 19.2. The molecule has 0 spiro atoms. The van der Waals surface area contributed by atoms with Crippen LogP contribution in [0, 0.1) is 17.2 Å². The summed E-state index contributed by atoms with van der Waals surface area (Å²) in [4.78, 5) is 25.3. The fourth-order valence-corrected chi connectivity index (χ4v) is 4.45. The maximum atomic E-state index is 15.0. The molecule has 1 aliphatic heterocycles. The van der Waals surface area contributed by atoms with Gasteiger partial charge in [0.1, 0.15) is 17.6 Å². The van der Waals surface area contributed by atoms with Gasteiger partial charge in [-0.1, -0.05) is 40.5 Å². The van der Waals surface area contributed by atoms with Gasteiger partial charge in [0.05, 0.1) is 12.2 Å². The van der Waals surface area contributed by atoms with Crippen LogP contribution in [-0.2, 0) is 4.79 Å². The van der Waals surface area contributed by atoms with Crippen LogP contribution in [0.25, 0.3) is 0 Å². The summed E-state index contributed by atoms with van der Waals surface area (Å²) in [5, 5.41) is 9.23. The number of aliphatic carboxylic acids is 1. The van der Waals surface area contributed by atoms with E-state index in [1.54, 1.807) is 6.07 Å². The molecule has 1 heterocycles. The number of carbonyl (C=O) groups excluding carboxylic acids is 1. The largest absolute Gasteiger partial charge is 0.493 e. The lowest BCUT2D eigenvalue weighted by atomic mass is 9.78. The van der Waals surface area contributed by atoms with Crippen LogP contribution in [0.1, 0.15) is 94.5 Å². The number of benzene rings is 1. The minimum absolute atomic E-state index is 0.00875. The summed E-state index contributed by atoms with van der Waals surface area (Å²) < 4.78 is 21.2. The van der Waals surface area contributed by atoms with E-state index >= 15 is 0 Å². The number of amides is 1. The molecule has 1 amide bonds. The molecule has 0 aromatic heterocycles. The Bertz CT molecular complexity index is 818. The second-order valence-electron chi connectivity index (χ2n) is 9.62. The van der Waals surface area contributed by atoms with E-state index in [1.807, 2.05) is 0 Å². The number of ether oxygens (including phenoxy) is 1. The van der Waals surface area contributed by atoms with Crippen molar-refractivity contribution in [2.45, 2.75) is 84.6 Å². The van der Waals surface area contributed by atoms with E-state index in [9.17, 15) is 19.1 Å². The van der Waals surface area contributed by atoms with Crippen molar-refractivity contribution < 1.29 is 23.8 Å². The molecule has 1 saturated heterocycles. The van der Waals surface area contributed by atoms with Gasteiger partial charge in [0, 0.05) is 18.0 Å². The van der Waals surface area contributed by atoms with Crippen molar-refractivity contribution in [2.75, 3.05) is 13.2 Å². The molecule has 1 aromatic rings. The van der Waals surface area contributed by atoms with E-state index in [0.29, 0.717) is 31.2 Å². The zero-order valence-corrected chi connectivity index (χ0v) is 19.2. The number of hydrogen-bond donors (Lipinski definition) is 1. The Morgan fingerprint density at radius 2 is 1.90 bits per heavy atom. The minimum Gasteiger partial charge on any atom is -0.493 e. The van der Waals surface area contributed by atoms with Crippen LogP contribution >= 0.6 is 0 Å². The zero-order chi connectivity index (χ0) is 22.8. The van der Waals surface area contributed by atoms with Crippen LogP contribution in [0.2, 0.25) is 0 Å². The molecule has 2 fully saturated rings. The summed E-state index contributed by atoms with van der Waals surface area (Å²) in [6.07, 6.45) is 6.72. The molecule has 31 heavy (non-hydrogen) atoms. The van der Waals surface area contributed by atoms with Gasteiger partial charge < -0.3 is 14.7 Å². The number of carboxylic acid groups (broad SMARTS) is 1. The Hall–Kier alpha value is -2.11. The molecule has 6 heteroatoms. The molecule has 1 saturated carbocycles. The average Bonchev–Trinajstić information content (AvgIpc) is 3.54. The lowest BCUT2D eigenvalue weighted by molar-refractivity contribution is -0.146. The van der Waals surface area contributed by atoms with Crippen molar-refractivity contribution >= 4 is 11.9 Å². The minimum atomic E-state index is -1.04. The maximum absolute atomic E-state index is 15.0. The van der Waals surface area contributed by atoms with E-state index in [1.165, 1.54) is 11.0 Å². The van der Waals surface area contributed by atoms with E-state index in [0.717, 1.165) is 44.1 Å². The number of carbonyl (C=O) groups is 2. The molecule has 172 valence electrons. The first-order valence-corrected chi connectivity index (χ1v) is 11.7. The van der Waals surface area contributed by atoms with Gasteiger partial charge in [0.2, 0.25) is 0 Å². The number of likely N-dealkylation sites (tertiary alicyclic amines) is 1. The highest BCUT2D eigenvalue weighted by Gasteiger charge is 2.40. The topological polar surface area (TPSA) is 66.8 Å². The Morgan fingerprint density at radius 1 is 1.23 bits per heavy atom. The van der Waals surface area contributed by atoms with Crippen molar-refractivity contribution in [3.05, 3.63) is 29.1 Å². The molecule has 0 radical (unpaired) electrons. The molecule has 1 aromatic carbocycles. The summed E-state index contributed by atoms with van der Waals surface area (Å²) in [5.74, 6) is -0.777. The summed E-state index contributed by atoms with van der Waals surface area (Å²) in [7, 11) is 0. The Kier molecular flexibility index (Phi) is 7.28. The van der Waals surface area contributed by atoms with E-state index in [2.05, 4.69) is 27.7 Å². The first kappa shape index (κ1) is 23.6. The van der Waals surface area contributed by atoms with Gasteiger partial charge in [-0.2, -0.15) is 0 Å². The third-order valence-corrected chi connectivity index (χ3v) is 7.28. The number of nitrogens with zero attached hydrogens (tertiary/aromatic N) is 1. The van der Waals surface area contributed by atoms with Gasteiger partial charge in [0.15, 0.2) is 0 Å². The second-order valence-corrected chi connectivity index (χ2v) is 9.62. The van der Waals surface area contributed by atoms with Crippen LogP contribution in [0.5, 0.6) is 5.75 Å². The molecule has 2 atom stereocenters. The standard InChI is InChI=1S/C25H36FNO4/c1-5-16(6-2)14-25(4,7-3)15-31-22-13-20(26)19(12-18(22)17-8-9-17)23(28)27-11-10-21(27)24(29)30/h12-13,16-17,21H,5-11,14-15H2,1-4H3,(H,29,30). The monoisotopic (exact) mass is 433 g/mol. The lowest BCUT2D eigenvalue weighted by Crippen LogP contribution is -2.55. The van der Waals surface area contributed by atoms with Crippen LogP contribution in [0.15, 0.2) is 12.1 Å². The molecular weight excluding hydrogens is 397 g/mol. The Labute approximate surface area is 185 Å². The van der Waals surface area contributed by atoms with Crippen LogP contribution in [0.4, 0.5) is 4.39 Å². The number of carboxylic acids is 1. The maximum Gasteiger partial charge on any atom is 0.326 e. The quantitative estimate of drug-likeness (QED) is 0.492. The predicted molar refractivity (Wildman–Crippen MR) is 118 cm³/mol. The summed E-state index contributed by atoms with van der Waals surface area (Å²) in [5.41, 5.74) is 0.836. The number of hydrogen-bond acceptors (Lipinski definition) is 3. The molecule has 5 nitrogen and oxygen atoms in total. The summed E-state index contributed by atoms with van der Waals surface area (Å²) in [6, 6.07) is 2.08.